The first-order valence-corrected chi connectivity index (χ1v) is 10.6. The molecule has 3 rings (SSSR count). The normalized spacial score (nSPS) is 10.8. The van der Waals surface area contributed by atoms with Crippen LogP contribution in [0.15, 0.2) is 60.8 Å². The number of hydrogen-bond donors (Lipinski definition) is 3. The number of pyridine rings is 1. The van der Waals surface area contributed by atoms with Crippen LogP contribution in [0.5, 0.6) is 0 Å². The number of amides is 1. The highest BCUT2D eigenvalue weighted by molar-refractivity contribution is 6.05. The van der Waals surface area contributed by atoms with E-state index in [-0.39, 0.29) is 5.91 Å². The maximum absolute atomic E-state index is 12.5. The van der Waals surface area contributed by atoms with Crippen molar-refractivity contribution in [1.29, 1.82) is 0 Å². The highest BCUT2D eigenvalue weighted by atomic mass is 16.5. The fourth-order valence-corrected chi connectivity index (χ4v) is 3.29. The Hall–Kier alpha value is -3.22. The van der Waals surface area contributed by atoms with Gasteiger partial charge in [0, 0.05) is 37.1 Å². The van der Waals surface area contributed by atoms with E-state index in [1.54, 1.807) is 24.3 Å². The van der Waals surface area contributed by atoms with E-state index < -0.39 is 0 Å². The second kappa shape index (κ2) is 11.2. The number of rotatable bonds is 10. The molecule has 4 N–H and O–H groups in total. The molecule has 162 valence electrons. The number of carbonyl (C=O) groups is 1. The number of aromatic nitrogens is 1. The van der Waals surface area contributed by atoms with Crippen LogP contribution in [0.2, 0.25) is 0 Å². The van der Waals surface area contributed by atoms with Crippen LogP contribution in [-0.2, 0) is 11.3 Å². The third kappa shape index (κ3) is 6.38. The zero-order valence-electron chi connectivity index (χ0n) is 18.2. The molecule has 3 aromatic rings. The van der Waals surface area contributed by atoms with Crippen molar-refractivity contribution in [1.82, 2.24) is 10.3 Å². The van der Waals surface area contributed by atoms with Crippen LogP contribution in [0.3, 0.4) is 0 Å². The first-order chi connectivity index (χ1) is 15.1. The summed E-state index contributed by atoms with van der Waals surface area (Å²) in [7, 11) is 0. The van der Waals surface area contributed by atoms with Crippen molar-refractivity contribution in [3.05, 3.63) is 77.5 Å². The van der Waals surface area contributed by atoms with Crippen molar-refractivity contribution in [2.75, 3.05) is 30.8 Å². The van der Waals surface area contributed by atoms with Gasteiger partial charge in [0.25, 0.3) is 5.91 Å². The van der Waals surface area contributed by atoms with Crippen molar-refractivity contribution in [3.63, 3.8) is 0 Å². The minimum absolute atomic E-state index is 0.195. The Morgan fingerprint density at radius 2 is 1.90 bits per heavy atom. The Morgan fingerprint density at radius 3 is 2.61 bits per heavy atom. The van der Waals surface area contributed by atoms with Gasteiger partial charge in [-0.25, -0.2) is 0 Å². The molecule has 0 saturated carbocycles. The minimum Gasteiger partial charge on any atom is -0.397 e. The minimum atomic E-state index is -0.195. The summed E-state index contributed by atoms with van der Waals surface area (Å²) in [6.07, 6.45) is 2.89. The molecule has 2 aromatic carbocycles. The summed E-state index contributed by atoms with van der Waals surface area (Å²) in [5.41, 5.74) is 11.8. The maximum atomic E-state index is 12.5. The van der Waals surface area contributed by atoms with Gasteiger partial charge in [-0.15, -0.1) is 0 Å². The van der Waals surface area contributed by atoms with Crippen molar-refractivity contribution < 1.29 is 9.53 Å². The first kappa shape index (κ1) is 22.5. The van der Waals surface area contributed by atoms with Crippen LogP contribution >= 0.6 is 0 Å². The average Bonchev–Trinajstić information content (AvgIpc) is 2.78. The second-order valence-corrected chi connectivity index (χ2v) is 7.36. The van der Waals surface area contributed by atoms with E-state index in [1.165, 1.54) is 0 Å². The number of nitrogens with one attached hydrogen (secondary N) is 2. The van der Waals surface area contributed by atoms with Crippen molar-refractivity contribution in [2.45, 2.75) is 26.8 Å². The maximum Gasteiger partial charge on any atom is 0.255 e. The van der Waals surface area contributed by atoms with Gasteiger partial charge in [0.2, 0.25) is 0 Å². The van der Waals surface area contributed by atoms with E-state index in [4.69, 9.17) is 10.5 Å². The largest absolute Gasteiger partial charge is 0.397 e. The Kier molecular flexibility index (Phi) is 8.15. The van der Waals surface area contributed by atoms with Crippen LogP contribution in [0.25, 0.3) is 11.3 Å². The summed E-state index contributed by atoms with van der Waals surface area (Å²) < 4.78 is 5.34. The smallest absolute Gasteiger partial charge is 0.255 e. The molecule has 0 aliphatic heterocycles. The molecule has 1 heterocycles. The van der Waals surface area contributed by atoms with Gasteiger partial charge in [-0.3, -0.25) is 9.78 Å². The Balaban J connectivity index is 1.60. The molecule has 1 aromatic heterocycles. The summed E-state index contributed by atoms with van der Waals surface area (Å²) in [5.74, 6) is -0.195. The molecule has 31 heavy (non-hydrogen) atoms. The van der Waals surface area contributed by atoms with Crippen molar-refractivity contribution >= 4 is 17.3 Å². The molecule has 0 atom stereocenters. The van der Waals surface area contributed by atoms with Gasteiger partial charge in [-0.2, -0.15) is 0 Å². The summed E-state index contributed by atoms with van der Waals surface area (Å²) in [6, 6.07) is 16.8. The van der Waals surface area contributed by atoms with Gasteiger partial charge in [-0.05, 0) is 62.2 Å². The van der Waals surface area contributed by atoms with E-state index in [2.05, 4.69) is 28.6 Å². The highest BCUT2D eigenvalue weighted by Gasteiger charge is 2.10. The molecule has 6 nitrogen and oxygen atoms in total. The van der Waals surface area contributed by atoms with Gasteiger partial charge in [0.15, 0.2) is 0 Å². The van der Waals surface area contributed by atoms with Crippen LogP contribution in [0.1, 0.15) is 34.8 Å². The van der Waals surface area contributed by atoms with Crippen LogP contribution in [-0.4, -0.2) is 30.6 Å². The lowest BCUT2D eigenvalue weighted by molar-refractivity contribution is 0.102. The van der Waals surface area contributed by atoms with Crippen molar-refractivity contribution in [2.24, 2.45) is 0 Å². The number of anilines is 2. The standard InChI is InChI=1S/C25H30N4O2/c1-3-31-14-6-13-27-16-19-15-18(2)24(28-17-19)20-9-11-21(12-10-20)25(30)29-23-8-5-4-7-22(23)26/h4-5,7-12,15,17,27H,3,6,13-14,16,26H2,1-2H3,(H,29,30). The number of carbonyl (C=O) groups excluding carboxylic acids is 1. The summed E-state index contributed by atoms with van der Waals surface area (Å²) in [5, 5.41) is 6.26. The molecule has 0 bridgehead atoms. The van der Waals surface area contributed by atoms with E-state index in [1.807, 2.05) is 37.4 Å². The highest BCUT2D eigenvalue weighted by Crippen LogP contribution is 2.23. The molecule has 0 fully saturated rings. The predicted octanol–water partition coefficient (Wildman–Crippen LogP) is 4.41. The lowest BCUT2D eigenvalue weighted by atomic mass is 10.0. The van der Waals surface area contributed by atoms with E-state index in [0.717, 1.165) is 55.1 Å². The zero-order valence-corrected chi connectivity index (χ0v) is 18.2. The van der Waals surface area contributed by atoms with Gasteiger partial charge < -0.3 is 21.1 Å². The lowest BCUT2D eigenvalue weighted by Gasteiger charge is -2.11. The van der Waals surface area contributed by atoms with Gasteiger partial charge in [0.05, 0.1) is 17.1 Å². The molecule has 0 aliphatic carbocycles. The predicted molar refractivity (Wildman–Crippen MR) is 126 cm³/mol. The molecule has 0 saturated heterocycles. The zero-order chi connectivity index (χ0) is 22.1. The molecular weight excluding hydrogens is 388 g/mol. The molecule has 0 spiro atoms. The van der Waals surface area contributed by atoms with E-state index in [0.29, 0.717) is 16.9 Å². The van der Waals surface area contributed by atoms with Crippen molar-refractivity contribution in [3.8, 4) is 11.3 Å². The number of ether oxygens (including phenoxy) is 1. The lowest BCUT2D eigenvalue weighted by Crippen LogP contribution is -2.16. The van der Waals surface area contributed by atoms with Crippen LogP contribution in [0.4, 0.5) is 11.4 Å². The molecule has 6 heteroatoms. The molecule has 0 aliphatic rings. The molecular formula is C25H30N4O2. The Labute approximate surface area is 183 Å². The Morgan fingerprint density at radius 1 is 1.13 bits per heavy atom. The van der Waals surface area contributed by atoms with Gasteiger partial charge in [0.1, 0.15) is 0 Å². The Bertz CT molecular complexity index is 1000. The fraction of sp³-hybridized carbons (Fsp3) is 0.280. The van der Waals surface area contributed by atoms with Gasteiger partial charge >= 0.3 is 0 Å². The van der Waals surface area contributed by atoms with Gasteiger partial charge in [-0.1, -0.05) is 30.3 Å². The fourth-order valence-electron chi connectivity index (χ4n) is 3.29. The van der Waals surface area contributed by atoms with E-state index in [9.17, 15) is 4.79 Å². The SMILES string of the molecule is CCOCCCNCc1cnc(-c2ccc(C(=O)Nc3ccccc3N)cc2)c(C)c1. The monoisotopic (exact) mass is 418 g/mol. The first-order valence-electron chi connectivity index (χ1n) is 10.6. The third-order valence-corrected chi connectivity index (χ3v) is 4.94. The van der Waals surface area contributed by atoms with Crippen LogP contribution in [0, 0.1) is 6.92 Å². The molecule has 1 amide bonds. The van der Waals surface area contributed by atoms with E-state index >= 15 is 0 Å². The number of benzene rings is 2. The topological polar surface area (TPSA) is 89.3 Å². The quantitative estimate of drug-likeness (QED) is 0.335. The summed E-state index contributed by atoms with van der Waals surface area (Å²) in [4.78, 5) is 17.2. The average molecular weight is 419 g/mol. The number of hydrogen-bond acceptors (Lipinski definition) is 5. The number of nitrogens with two attached hydrogens (primary N) is 1. The molecule has 0 unspecified atom stereocenters. The summed E-state index contributed by atoms with van der Waals surface area (Å²) in [6.45, 7) is 7.30. The number of nitrogens with zero attached hydrogens (tertiary/aromatic N) is 1. The third-order valence-electron chi connectivity index (χ3n) is 4.94. The molecule has 0 radical (unpaired) electrons. The second-order valence-electron chi connectivity index (χ2n) is 7.36. The number of para-hydroxylation sites is 2. The number of nitrogen functional groups attached to an aromatic ring is 1. The number of aryl methyl sites for hydroxylation is 1. The van der Waals surface area contributed by atoms with Crippen LogP contribution < -0.4 is 16.4 Å². The summed E-state index contributed by atoms with van der Waals surface area (Å²) >= 11 is 0.